The third-order valence-corrected chi connectivity index (χ3v) is 4.71. The molecule has 1 aromatic heterocycles. The highest BCUT2D eigenvalue weighted by molar-refractivity contribution is 6.31. The lowest BCUT2D eigenvalue weighted by molar-refractivity contribution is -0.119. The summed E-state index contributed by atoms with van der Waals surface area (Å²) >= 11 is 6.33. The van der Waals surface area contributed by atoms with Gasteiger partial charge in [-0.3, -0.25) is 9.48 Å². The monoisotopic (exact) mass is 346 g/mol. The number of Topliss-reactive ketones (excluding diaryl/α,β-unsaturated/α-hetero) is 1. The van der Waals surface area contributed by atoms with E-state index in [4.69, 9.17) is 22.1 Å². The number of allylic oxidation sites excluding steroid dienone is 3. The number of hydrogen-bond donors (Lipinski definition) is 1. The van der Waals surface area contributed by atoms with Gasteiger partial charge < -0.3 is 10.5 Å². The molecule has 3 rings (SSSR count). The quantitative estimate of drug-likeness (QED) is 0.888. The van der Waals surface area contributed by atoms with Crippen LogP contribution in [0.3, 0.4) is 0 Å². The molecule has 24 heavy (non-hydrogen) atoms. The smallest absolute Gasteiger partial charge is 0.205 e. The summed E-state index contributed by atoms with van der Waals surface area (Å²) in [7, 11) is 0. The minimum atomic E-state index is -0.664. The van der Waals surface area contributed by atoms with Gasteiger partial charge >= 0.3 is 0 Å². The number of ketones is 1. The van der Waals surface area contributed by atoms with E-state index in [9.17, 15) is 10.1 Å². The van der Waals surface area contributed by atoms with Crippen molar-refractivity contribution in [1.29, 1.82) is 5.26 Å². The average Bonchev–Trinajstić information content (AvgIpc) is 2.85. The number of aryl methyl sites for hydroxylation is 1. The van der Waals surface area contributed by atoms with Crippen molar-refractivity contribution in [3.8, 4) is 6.07 Å². The van der Waals surface area contributed by atoms with Crippen LogP contribution in [0.25, 0.3) is 0 Å². The number of rotatable bonds is 2. The van der Waals surface area contributed by atoms with Crippen molar-refractivity contribution >= 4 is 17.4 Å². The zero-order valence-corrected chi connectivity index (χ0v) is 14.6. The first-order valence-corrected chi connectivity index (χ1v) is 8.22. The van der Waals surface area contributed by atoms with Crippen molar-refractivity contribution in [2.45, 2.75) is 46.1 Å². The Morgan fingerprint density at radius 1 is 1.54 bits per heavy atom. The Balaban J connectivity index is 2.20. The summed E-state index contributed by atoms with van der Waals surface area (Å²) in [5.41, 5.74) is 6.87. The van der Waals surface area contributed by atoms with Gasteiger partial charge in [-0.1, -0.05) is 25.4 Å². The standard InChI is InChI=1S/C17H19ClN4O2/c1-4-22-8-10(18)15(21-22)13-9(7-19)16(20)24-12-6-17(2,3)5-11(23)14(12)13/h8,13H,4-6,20H2,1-3H3/t13-/m0/s1. The van der Waals surface area contributed by atoms with Crippen LogP contribution >= 0.6 is 11.6 Å². The second-order valence-electron chi connectivity index (χ2n) is 6.92. The van der Waals surface area contributed by atoms with Gasteiger partial charge in [0.05, 0.1) is 16.6 Å². The van der Waals surface area contributed by atoms with Gasteiger partial charge in [-0.2, -0.15) is 10.4 Å². The van der Waals surface area contributed by atoms with Gasteiger partial charge in [0, 0.05) is 31.2 Å². The normalized spacial score (nSPS) is 23.0. The molecular weight excluding hydrogens is 328 g/mol. The number of halogens is 1. The number of nitrogens with zero attached hydrogens (tertiary/aromatic N) is 3. The molecule has 6 nitrogen and oxygen atoms in total. The second kappa shape index (κ2) is 5.67. The fraction of sp³-hybridized carbons (Fsp3) is 0.471. The molecule has 0 bridgehead atoms. The summed E-state index contributed by atoms with van der Waals surface area (Å²) in [5.74, 6) is -0.162. The number of ether oxygens (including phenoxy) is 1. The fourth-order valence-corrected chi connectivity index (χ4v) is 3.59. The SMILES string of the molecule is CCn1cc(Cl)c([C@H]2C(C#N)=C(N)OC3=C2C(=O)CC(C)(C)C3)n1. The summed E-state index contributed by atoms with van der Waals surface area (Å²) in [6.45, 7) is 6.58. The zero-order chi connectivity index (χ0) is 17.6. The highest BCUT2D eigenvalue weighted by Crippen LogP contribution is 2.48. The van der Waals surface area contributed by atoms with Crippen LogP contribution in [0.15, 0.2) is 29.0 Å². The second-order valence-corrected chi connectivity index (χ2v) is 7.33. The van der Waals surface area contributed by atoms with Gasteiger partial charge in [0.15, 0.2) is 5.78 Å². The first-order chi connectivity index (χ1) is 11.3. The summed E-state index contributed by atoms with van der Waals surface area (Å²) in [6, 6.07) is 2.07. The van der Waals surface area contributed by atoms with Crippen LogP contribution in [0.1, 0.15) is 45.2 Å². The Labute approximate surface area is 145 Å². The predicted octanol–water partition coefficient (Wildman–Crippen LogP) is 3.01. The Hall–Kier alpha value is -2.26. The molecule has 0 radical (unpaired) electrons. The molecule has 0 aromatic carbocycles. The number of nitrogens with two attached hydrogens (primary N) is 1. The van der Waals surface area contributed by atoms with Crippen LogP contribution in [-0.4, -0.2) is 15.6 Å². The lowest BCUT2D eigenvalue weighted by Crippen LogP contribution is -2.33. The Kier molecular flexibility index (Phi) is 3.92. The van der Waals surface area contributed by atoms with Crippen molar-refractivity contribution in [2.75, 3.05) is 0 Å². The van der Waals surface area contributed by atoms with E-state index in [-0.39, 0.29) is 22.7 Å². The van der Waals surface area contributed by atoms with Crippen molar-refractivity contribution in [3.63, 3.8) is 0 Å². The van der Waals surface area contributed by atoms with Crippen LogP contribution in [0.5, 0.6) is 0 Å². The first kappa shape index (κ1) is 16.6. The Bertz CT molecular complexity index is 826. The predicted molar refractivity (Wildman–Crippen MR) is 88.6 cm³/mol. The third-order valence-electron chi connectivity index (χ3n) is 4.42. The molecule has 1 aliphatic heterocycles. The number of hydrogen-bond acceptors (Lipinski definition) is 5. The van der Waals surface area contributed by atoms with Crippen molar-refractivity contribution in [1.82, 2.24) is 9.78 Å². The highest BCUT2D eigenvalue weighted by atomic mass is 35.5. The summed E-state index contributed by atoms with van der Waals surface area (Å²) in [5, 5.41) is 14.4. The van der Waals surface area contributed by atoms with Gasteiger partial charge in [-0.25, -0.2) is 0 Å². The van der Waals surface area contributed by atoms with Crippen molar-refractivity contribution in [3.05, 3.63) is 39.7 Å². The molecule has 1 aromatic rings. The highest BCUT2D eigenvalue weighted by Gasteiger charge is 2.44. The maximum atomic E-state index is 12.8. The van der Waals surface area contributed by atoms with Crippen LogP contribution in [0, 0.1) is 16.7 Å². The first-order valence-electron chi connectivity index (χ1n) is 7.84. The van der Waals surface area contributed by atoms with Crippen LogP contribution in [0.4, 0.5) is 0 Å². The van der Waals surface area contributed by atoms with Crippen LogP contribution < -0.4 is 5.73 Å². The van der Waals surface area contributed by atoms with E-state index < -0.39 is 5.92 Å². The molecule has 126 valence electrons. The Morgan fingerprint density at radius 3 is 2.83 bits per heavy atom. The summed E-state index contributed by atoms with van der Waals surface area (Å²) in [4.78, 5) is 12.8. The molecule has 2 N–H and O–H groups in total. The van der Waals surface area contributed by atoms with E-state index in [0.29, 0.717) is 41.4 Å². The minimum absolute atomic E-state index is 0.0221. The molecule has 0 saturated heterocycles. The number of nitriles is 1. The molecule has 0 unspecified atom stereocenters. The van der Waals surface area contributed by atoms with E-state index >= 15 is 0 Å². The van der Waals surface area contributed by atoms with Crippen LogP contribution in [0.2, 0.25) is 5.02 Å². The molecule has 0 amide bonds. The average molecular weight is 347 g/mol. The van der Waals surface area contributed by atoms with E-state index in [2.05, 4.69) is 11.2 Å². The van der Waals surface area contributed by atoms with E-state index in [1.54, 1.807) is 10.9 Å². The minimum Gasteiger partial charge on any atom is -0.444 e. The van der Waals surface area contributed by atoms with E-state index in [1.165, 1.54) is 0 Å². The number of aromatic nitrogens is 2. The fourth-order valence-electron chi connectivity index (χ4n) is 3.33. The van der Waals surface area contributed by atoms with Gasteiger partial charge in [-0.15, -0.1) is 0 Å². The van der Waals surface area contributed by atoms with Crippen molar-refractivity contribution < 1.29 is 9.53 Å². The number of carbonyl (C=O) groups is 1. The molecule has 1 atom stereocenters. The van der Waals surface area contributed by atoms with E-state index in [0.717, 1.165) is 0 Å². The largest absolute Gasteiger partial charge is 0.444 e. The Morgan fingerprint density at radius 2 is 2.25 bits per heavy atom. The lowest BCUT2D eigenvalue weighted by Gasteiger charge is -2.36. The van der Waals surface area contributed by atoms with Gasteiger partial charge in [0.1, 0.15) is 17.4 Å². The maximum absolute atomic E-state index is 12.8. The number of carbonyl (C=O) groups excluding carboxylic acids is 1. The molecule has 0 spiro atoms. The molecule has 0 fully saturated rings. The van der Waals surface area contributed by atoms with Gasteiger partial charge in [0.2, 0.25) is 5.88 Å². The lowest BCUT2D eigenvalue weighted by atomic mass is 9.71. The van der Waals surface area contributed by atoms with E-state index in [1.807, 2.05) is 20.8 Å². The molecule has 1 aliphatic carbocycles. The molecule has 2 aliphatic rings. The summed E-state index contributed by atoms with van der Waals surface area (Å²) < 4.78 is 7.32. The third kappa shape index (κ3) is 2.59. The van der Waals surface area contributed by atoms with Crippen LogP contribution in [-0.2, 0) is 16.1 Å². The maximum Gasteiger partial charge on any atom is 0.205 e. The molecule has 0 saturated carbocycles. The molecule has 7 heteroatoms. The van der Waals surface area contributed by atoms with Gasteiger partial charge in [-0.05, 0) is 12.3 Å². The zero-order valence-electron chi connectivity index (χ0n) is 13.9. The molecule has 2 heterocycles. The molecular formula is C17H19ClN4O2. The van der Waals surface area contributed by atoms with Gasteiger partial charge in [0.25, 0.3) is 0 Å². The topological polar surface area (TPSA) is 93.9 Å². The van der Waals surface area contributed by atoms with Crippen molar-refractivity contribution in [2.24, 2.45) is 11.1 Å². The summed E-state index contributed by atoms with van der Waals surface area (Å²) in [6.07, 6.45) is 2.65.